The van der Waals surface area contributed by atoms with Crippen LogP contribution in [0.1, 0.15) is 82.5 Å². The Morgan fingerprint density at radius 1 is 0.426 bits per heavy atom. The summed E-state index contributed by atoms with van der Waals surface area (Å²) in [6.07, 6.45) is 0.193. The molecule has 5 aromatic carbocycles. The topological polar surface area (TPSA) is 320 Å². The van der Waals surface area contributed by atoms with Crippen LogP contribution >= 0.6 is 138 Å². The number of hydrogen-bond acceptors (Lipinski definition) is 24. The van der Waals surface area contributed by atoms with Crippen LogP contribution in [-0.2, 0) is 33.2 Å². The van der Waals surface area contributed by atoms with Crippen LogP contribution in [0.3, 0.4) is 0 Å². The number of rotatable bonds is 26. The SMILES string of the molecule is [C-]#[N+]c1c(N2CCOCC2)sc(C(=O)NCC(C)O)c1-c1ccc(Cl)c(Cl)c1.[C-]#[N+]c1c(N2CCOCC2)sc(C(=O)NCCCOC(C)C)c1-c1ccc(Cl)cc1Cl.[C-]#[N+]c1c(N2CCOCC2)sc(C(=O)NCCNC(C)=O)c1-c1ccc(Cl)c(Cl)c1.[C-]#[N+]c1c(N2CCOCC2)sc(C(=O)O)c1-c1ccc(Cl)cc1.[C-]#[N+]c1c(N2CCOCC2)sc(C(N)=O)c1-c1cccc(OC)c1. The predicted molar refractivity (Wildman–Crippen MR) is 545 cm³/mol. The minimum atomic E-state index is -1.02. The maximum Gasteiger partial charge on any atom is 0.345 e. The number of carbonyl (C=O) groups is 6. The molecule has 0 bridgehead atoms. The third-order valence-electron chi connectivity index (χ3n) is 20.9. The summed E-state index contributed by atoms with van der Waals surface area (Å²) in [6, 6.07) is 29.4. The number of nitrogens with one attached hydrogen (secondary N) is 4. The van der Waals surface area contributed by atoms with Gasteiger partial charge in [0.25, 0.3) is 23.6 Å². The first-order valence-corrected chi connectivity index (χ1v) is 49.3. The first-order chi connectivity index (χ1) is 65.5. The average molecular weight is 2080 g/mol. The smallest absolute Gasteiger partial charge is 0.345 e. The van der Waals surface area contributed by atoms with Gasteiger partial charge in [-0.25, -0.2) is 29.0 Å². The van der Waals surface area contributed by atoms with Gasteiger partial charge in [-0.3, -0.25) is 24.0 Å². The maximum atomic E-state index is 13.1. The van der Waals surface area contributed by atoms with Crippen LogP contribution in [0.25, 0.3) is 79.9 Å². The lowest BCUT2D eigenvalue weighted by Crippen LogP contribution is -2.35. The molecule has 0 spiro atoms. The van der Waals surface area contributed by atoms with Crippen molar-refractivity contribution >= 4 is 227 Å². The summed E-state index contributed by atoms with van der Waals surface area (Å²) in [7, 11) is 1.58. The Balaban J connectivity index is 0.000000164. The van der Waals surface area contributed by atoms with Crippen molar-refractivity contribution in [1.29, 1.82) is 0 Å². The van der Waals surface area contributed by atoms with E-state index in [0.29, 0.717) is 302 Å². The number of benzene rings is 5. The summed E-state index contributed by atoms with van der Waals surface area (Å²) in [4.78, 5) is 104. The number of aromatic carboxylic acids is 1. The first-order valence-electron chi connectivity index (χ1n) is 42.6. The number of carboxylic acids is 1. The van der Waals surface area contributed by atoms with E-state index in [1.165, 1.54) is 52.3 Å². The number of anilines is 5. The molecule has 0 radical (unpaired) electrons. The van der Waals surface area contributed by atoms with Gasteiger partial charge in [0.05, 0.1) is 183 Å². The van der Waals surface area contributed by atoms with Crippen LogP contribution in [0.15, 0.2) is 103 Å². The fourth-order valence-corrected chi connectivity index (χ4v) is 21.7. The van der Waals surface area contributed by atoms with Gasteiger partial charge in [0.15, 0.2) is 0 Å². The molecule has 5 aromatic heterocycles. The van der Waals surface area contributed by atoms with E-state index in [2.05, 4.69) is 65.1 Å². The van der Waals surface area contributed by atoms with Gasteiger partial charge in [-0.1, -0.05) is 124 Å². The van der Waals surface area contributed by atoms with Crippen LogP contribution in [0.4, 0.5) is 53.4 Å². The van der Waals surface area contributed by atoms with E-state index < -0.39 is 18.0 Å². The van der Waals surface area contributed by atoms with Crippen molar-refractivity contribution in [3.8, 4) is 61.4 Å². The Bertz CT molecular complexity index is 6160. The Labute approximate surface area is 842 Å². The summed E-state index contributed by atoms with van der Waals surface area (Å²) in [5.74, 6) is -1.92. The summed E-state index contributed by atoms with van der Waals surface area (Å²) in [6.45, 7) is 59.8. The number of halogens is 7. The van der Waals surface area contributed by atoms with Gasteiger partial charge >= 0.3 is 5.97 Å². The van der Waals surface area contributed by atoms with Crippen LogP contribution in [-0.4, -0.2) is 229 Å². The van der Waals surface area contributed by atoms with Gasteiger partial charge < -0.3 is 94.9 Å². The van der Waals surface area contributed by atoms with E-state index >= 15 is 0 Å². The molecule has 10 heterocycles. The van der Waals surface area contributed by atoms with Gasteiger partial charge in [-0.05, 0) is 116 Å². The van der Waals surface area contributed by atoms with E-state index in [1.54, 1.807) is 92.9 Å². The fourth-order valence-electron chi connectivity index (χ4n) is 14.5. The molecule has 5 amide bonds. The summed E-state index contributed by atoms with van der Waals surface area (Å²) in [5.41, 5.74) is 13.7. The molecule has 30 nitrogen and oxygen atoms in total. The highest BCUT2D eigenvalue weighted by atomic mass is 35.5. The minimum Gasteiger partial charge on any atom is -0.497 e. The number of carboxylic acid groups (broad SMARTS) is 1. The Hall–Kier alpha value is -10.6. The lowest BCUT2D eigenvalue weighted by Gasteiger charge is -2.28. The lowest BCUT2D eigenvalue weighted by atomic mass is 10.0. The maximum absolute atomic E-state index is 13.1. The van der Waals surface area contributed by atoms with Crippen molar-refractivity contribution in [3.05, 3.63) is 220 Å². The van der Waals surface area contributed by atoms with Gasteiger partial charge in [-0.2, -0.15) is 0 Å². The molecule has 5 aliphatic rings. The third kappa shape index (κ3) is 27.3. The van der Waals surface area contributed by atoms with Crippen LogP contribution in [0.5, 0.6) is 5.75 Å². The zero-order valence-electron chi connectivity index (χ0n) is 74.3. The highest BCUT2D eigenvalue weighted by molar-refractivity contribution is 7.21. The Morgan fingerprint density at radius 3 is 1.15 bits per heavy atom. The molecule has 8 N–H and O–H groups in total. The number of methoxy groups -OCH3 is 1. The molecular formula is C94H94Cl7N15O15S5. The minimum absolute atomic E-state index is 0.123. The normalized spacial score (nSPS) is 14.3. The molecule has 136 heavy (non-hydrogen) atoms. The van der Waals surface area contributed by atoms with Crippen molar-refractivity contribution in [2.24, 2.45) is 5.73 Å². The van der Waals surface area contributed by atoms with Gasteiger partial charge in [0.1, 0.15) is 10.6 Å². The first kappa shape index (κ1) is 106. The fraction of sp³-hybridized carbons (Fsp3) is 0.351. The molecule has 5 fully saturated rings. The summed E-state index contributed by atoms with van der Waals surface area (Å²) in [5, 5.41) is 36.9. The van der Waals surface area contributed by atoms with Gasteiger partial charge in [0, 0.05) is 148 Å². The molecule has 15 rings (SSSR count). The number of carbonyl (C=O) groups excluding carboxylic acids is 5. The molecule has 1 atom stereocenters. The van der Waals surface area contributed by atoms with Crippen LogP contribution in [0, 0.1) is 32.9 Å². The van der Waals surface area contributed by atoms with Crippen molar-refractivity contribution in [2.75, 3.05) is 196 Å². The van der Waals surface area contributed by atoms with E-state index in [9.17, 15) is 39.0 Å². The number of morpholine rings is 5. The molecule has 5 aliphatic heterocycles. The van der Waals surface area contributed by atoms with E-state index in [0.717, 1.165) is 36.9 Å². The molecule has 0 saturated carbocycles. The quantitative estimate of drug-likeness (QED) is 0.0196. The predicted octanol–water partition coefficient (Wildman–Crippen LogP) is 20.9. The zero-order chi connectivity index (χ0) is 97.8. The number of thiophene rings is 5. The van der Waals surface area contributed by atoms with Crippen molar-refractivity contribution in [1.82, 2.24) is 21.3 Å². The molecular weight excluding hydrogens is 1990 g/mol. The summed E-state index contributed by atoms with van der Waals surface area (Å²) < 4.78 is 37.8. The van der Waals surface area contributed by atoms with E-state index in [4.69, 9.17) is 153 Å². The number of nitrogens with zero attached hydrogens (tertiary/aromatic N) is 10. The molecule has 42 heteroatoms. The van der Waals surface area contributed by atoms with Crippen molar-refractivity contribution in [2.45, 2.75) is 46.3 Å². The lowest BCUT2D eigenvalue weighted by molar-refractivity contribution is -0.118. The Kier molecular flexibility index (Phi) is 40.3. The molecule has 0 aliphatic carbocycles. The molecule has 714 valence electrons. The number of nitrogens with two attached hydrogens (primary N) is 1. The second-order valence-electron chi connectivity index (χ2n) is 30.5. The monoisotopic (exact) mass is 2080 g/mol. The number of amides is 5. The number of aliphatic hydroxyl groups is 1. The number of hydrogen-bond donors (Lipinski definition) is 7. The third-order valence-corrected chi connectivity index (χ3v) is 29.4. The Morgan fingerprint density at radius 2 is 0.779 bits per heavy atom. The van der Waals surface area contributed by atoms with E-state index in [1.807, 2.05) is 43.0 Å². The van der Waals surface area contributed by atoms with E-state index in [-0.39, 0.29) is 47.7 Å². The largest absolute Gasteiger partial charge is 0.497 e. The van der Waals surface area contributed by atoms with Crippen LogP contribution in [0.2, 0.25) is 35.2 Å². The zero-order valence-corrected chi connectivity index (χ0v) is 83.7. The van der Waals surface area contributed by atoms with Gasteiger partial charge in [-0.15, -0.1) is 56.7 Å². The summed E-state index contributed by atoms with van der Waals surface area (Å²) >= 11 is 49.2. The van der Waals surface area contributed by atoms with Crippen molar-refractivity contribution < 1.29 is 72.1 Å². The number of ether oxygens (including phenoxy) is 7. The highest BCUT2D eigenvalue weighted by Crippen LogP contribution is 2.55. The second-order valence-corrected chi connectivity index (χ2v) is 38.4. The van der Waals surface area contributed by atoms with Crippen molar-refractivity contribution in [3.63, 3.8) is 0 Å². The average Bonchev–Trinajstić information content (AvgIpc) is 1.63. The van der Waals surface area contributed by atoms with Crippen LogP contribution < -0.4 is 56.2 Å². The second kappa shape index (κ2) is 51.7. The highest BCUT2D eigenvalue weighted by Gasteiger charge is 2.35. The molecule has 10 aromatic rings. The standard InChI is InChI=1S/C22H25Cl2N3O3S.C20H20Cl2N4O3S.C19H19Cl2N3O3S.C17H17N3O3S.C16H13ClN2O3S/c1-14(2)30-10-4-7-26-21(28)20-18(16-6-5-15(23)13-17(16)24)19(25-3)22(31-20)27-8-11-29-12-9-27;1-12(27)24-5-6-25-19(28)18-16(13-3-4-14(21)15(22)11-13)17(23-2)20(30-18)26-7-9-29-10-8-26;1-11(25)10-23-18(26)17-15(12-3-4-13(20)14(21)9-12)16(22-2)19(28-17)24-5-7-27-8-6-24;1-19-14-13(11-4-3-5-12(10-11)22-2)15(16(18)21)24-17(14)20-6-8-23-9-7-20;1-18-13-12(10-2-4-11(17)5-3-10)14(16(20)21)23-15(13)19-6-8-22-9-7-19/h5-6,13-14H,4,7-12H2,1-2H3,(H,26,28);3-4,11H,5-10H2,1H3,(H,24,27)(H,25,28);3-4,9,11,25H,5-8,10H2,1H3,(H,23,26);3-5,10H,6-9H2,2H3,(H2,18,21);2-5H,6-9H2,(H,20,21). The van der Waals surface area contributed by atoms with Gasteiger partial charge in [0.2, 0.25) is 34.3 Å². The number of aliphatic hydroxyl groups excluding tert-OH is 1. The number of primary amides is 1. The molecule has 5 saturated heterocycles. The molecule has 1 unspecified atom stereocenters.